The summed E-state index contributed by atoms with van der Waals surface area (Å²) in [4.78, 5) is 11.1. The summed E-state index contributed by atoms with van der Waals surface area (Å²) in [6.07, 6.45) is -6.18. The average Bonchev–Trinajstić information content (AvgIpc) is 2.34. The van der Waals surface area contributed by atoms with Crippen molar-refractivity contribution in [3.05, 3.63) is 34.9 Å². The Hall–Kier alpha value is -0.344. The van der Waals surface area contributed by atoms with Gasteiger partial charge in [-0.3, -0.25) is 0 Å². The molecule has 116 valence electrons. The predicted octanol–water partition coefficient (Wildman–Crippen LogP) is 3.13. The number of aliphatic carboxylic acids is 1. The quantitative estimate of drug-likeness (QED) is 0.799. The van der Waals surface area contributed by atoms with Gasteiger partial charge in [0.15, 0.2) is 0 Å². The van der Waals surface area contributed by atoms with E-state index in [9.17, 15) is 18.0 Å². The van der Waals surface area contributed by atoms with Gasteiger partial charge in [0.1, 0.15) is 5.75 Å². The van der Waals surface area contributed by atoms with Crippen LogP contribution in [0.15, 0.2) is 23.8 Å². The number of hydrogen-bond donors (Lipinski definition) is 1. The molecule has 0 aromatic heterocycles. The number of carboxylic acid groups (broad SMARTS) is 1. The van der Waals surface area contributed by atoms with Crippen molar-refractivity contribution in [3.63, 3.8) is 0 Å². The first-order valence-corrected chi connectivity index (χ1v) is 6.33. The van der Waals surface area contributed by atoms with Crippen LogP contribution in [0.1, 0.15) is 31.9 Å². The van der Waals surface area contributed by atoms with Crippen molar-refractivity contribution in [2.24, 2.45) is 0 Å². The van der Waals surface area contributed by atoms with Gasteiger partial charge in [0, 0.05) is 5.56 Å². The van der Waals surface area contributed by atoms with E-state index >= 15 is 0 Å². The fraction of sp³-hybridized carbons (Fsp3) is 0.400. The third kappa shape index (κ3) is 4.14. The first-order chi connectivity index (χ1) is 9.50. The molecule has 7 heteroatoms. The minimum absolute atomic E-state index is 0. The van der Waals surface area contributed by atoms with E-state index < -0.39 is 23.8 Å². The summed E-state index contributed by atoms with van der Waals surface area (Å²) < 4.78 is 43.5. The molecule has 1 aromatic carbocycles. The number of fused-ring (bicyclic) bond motifs is 1. The minimum atomic E-state index is -4.77. The Balaban J connectivity index is 0.00000242. The van der Waals surface area contributed by atoms with Crippen LogP contribution in [0, 0.1) is 0 Å². The molecule has 0 bridgehead atoms. The van der Waals surface area contributed by atoms with Crippen LogP contribution in [0.25, 0.3) is 6.08 Å². The molecule has 0 fully saturated rings. The molecule has 2 rings (SSSR count). The fourth-order valence-electron chi connectivity index (χ4n) is 2.09. The van der Waals surface area contributed by atoms with Crippen LogP contribution in [0.4, 0.5) is 13.2 Å². The molecule has 1 aliphatic rings. The molecule has 0 radical (unpaired) electrons. The van der Waals surface area contributed by atoms with E-state index in [1.165, 1.54) is 6.07 Å². The Morgan fingerprint density at radius 3 is 2.27 bits per heavy atom. The Morgan fingerprint density at radius 1 is 1.23 bits per heavy atom. The van der Waals surface area contributed by atoms with Crippen molar-refractivity contribution >= 4 is 63.4 Å². The van der Waals surface area contributed by atoms with E-state index in [4.69, 9.17) is 9.84 Å². The first-order valence-electron chi connectivity index (χ1n) is 6.33. The summed E-state index contributed by atoms with van der Waals surface area (Å²) in [6, 6.07) is 4.79. The second-order valence-electron chi connectivity index (χ2n) is 5.95. The second kappa shape index (κ2) is 6.64. The molecule has 0 saturated carbocycles. The van der Waals surface area contributed by atoms with Gasteiger partial charge in [0.05, 0.1) is 5.57 Å². The number of alkyl halides is 3. The van der Waals surface area contributed by atoms with Crippen molar-refractivity contribution in [2.45, 2.75) is 38.5 Å². The van der Waals surface area contributed by atoms with Crippen LogP contribution in [-0.2, 0) is 10.2 Å². The summed E-state index contributed by atoms with van der Waals surface area (Å²) in [7, 11) is 0. The fourth-order valence-corrected chi connectivity index (χ4v) is 2.09. The van der Waals surface area contributed by atoms with Gasteiger partial charge in [0.2, 0.25) is 6.10 Å². The summed E-state index contributed by atoms with van der Waals surface area (Å²) in [5.74, 6) is -1.60. The van der Waals surface area contributed by atoms with Crippen molar-refractivity contribution in [1.82, 2.24) is 0 Å². The van der Waals surface area contributed by atoms with Gasteiger partial charge in [-0.15, -0.1) is 0 Å². The van der Waals surface area contributed by atoms with Gasteiger partial charge in [-0.25, -0.2) is 4.79 Å². The van der Waals surface area contributed by atoms with Gasteiger partial charge < -0.3 is 9.84 Å². The Bertz CT molecular complexity index is 615. The van der Waals surface area contributed by atoms with E-state index in [1.54, 1.807) is 12.1 Å². The number of rotatable bonds is 1. The van der Waals surface area contributed by atoms with Gasteiger partial charge in [-0.05, 0) is 29.2 Å². The average molecular weight is 340 g/mol. The topological polar surface area (TPSA) is 46.5 Å². The predicted molar refractivity (Wildman–Crippen MR) is 78.4 cm³/mol. The standard InChI is InChI=1S/C15H15F3O3.K.H/c1-14(2,3)9-4-5-11-8(6-9)7-10(13(19)20)12(21-11)15(16,17)18;;/h4-7,12H,1-3H3,(H,19,20);;/t12-;;/m0../s1. The van der Waals surface area contributed by atoms with Crippen molar-refractivity contribution in [3.8, 4) is 5.75 Å². The monoisotopic (exact) mass is 340 g/mol. The van der Waals surface area contributed by atoms with Crippen LogP contribution in [0.2, 0.25) is 0 Å². The van der Waals surface area contributed by atoms with Crippen molar-refractivity contribution in [1.29, 1.82) is 0 Å². The van der Waals surface area contributed by atoms with Crippen LogP contribution >= 0.6 is 0 Å². The SMILES string of the molecule is CC(C)(C)c1ccc2c(c1)C=C(C(=O)O)[C@@H](C(F)(F)F)O2.[KH]. The van der Waals surface area contributed by atoms with Gasteiger partial charge in [-0.1, -0.05) is 26.8 Å². The molecule has 3 nitrogen and oxygen atoms in total. The van der Waals surface area contributed by atoms with Crippen LogP contribution in [-0.4, -0.2) is 74.7 Å². The molecule has 0 spiro atoms. The van der Waals surface area contributed by atoms with E-state index in [0.717, 1.165) is 11.6 Å². The molecular weight excluding hydrogens is 324 g/mol. The van der Waals surface area contributed by atoms with Crippen molar-refractivity contribution < 1.29 is 27.8 Å². The van der Waals surface area contributed by atoms with E-state index in [-0.39, 0.29) is 62.5 Å². The number of hydrogen-bond acceptors (Lipinski definition) is 2. The van der Waals surface area contributed by atoms with Crippen LogP contribution in [0.5, 0.6) is 5.75 Å². The van der Waals surface area contributed by atoms with E-state index in [0.29, 0.717) is 5.56 Å². The molecule has 1 aromatic rings. The molecule has 1 aliphatic heterocycles. The molecule has 22 heavy (non-hydrogen) atoms. The number of carboxylic acids is 1. The van der Waals surface area contributed by atoms with Gasteiger partial charge in [-0.2, -0.15) is 13.2 Å². The maximum absolute atomic E-state index is 12.9. The first kappa shape index (κ1) is 19.7. The number of ether oxygens (including phenoxy) is 1. The zero-order chi connectivity index (χ0) is 16.0. The molecule has 1 N–H and O–H groups in total. The molecule has 1 heterocycles. The number of benzene rings is 1. The summed E-state index contributed by atoms with van der Waals surface area (Å²) in [6.45, 7) is 5.87. The van der Waals surface area contributed by atoms with E-state index in [2.05, 4.69) is 0 Å². The van der Waals surface area contributed by atoms with Crippen LogP contribution in [0.3, 0.4) is 0 Å². The normalized spacial score (nSPS) is 17.7. The van der Waals surface area contributed by atoms with Crippen LogP contribution < -0.4 is 4.74 Å². The molecule has 0 unspecified atom stereocenters. The second-order valence-corrected chi connectivity index (χ2v) is 5.95. The molecular formula is C15H16F3KO3. The molecule has 0 saturated heterocycles. The third-order valence-electron chi connectivity index (χ3n) is 3.26. The van der Waals surface area contributed by atoms with E-state index in [1.807, 2.05) is 20.8 Å². The summed E-state index contributed by atoms with van der Waals surface area (Å²) in [5.41, 5.74) is 0.227. The van der Waals surface area contributed by atoms with Crippen molar-refractivity contribution in [2.75, 3.05) is 0 Å². The third-order valence-corrected chi connectivity index (χ3v) is 3.26. The summed E-state index contributed by atoms with van der Waals surface area (Å²) in [5, 5.41) is 8.98. The zero-order valence-corrected chi connectivity index (χ0v) is 11.8. The molecule has 0 amide bonds. The van der Waals surface area contributed by atoms with Gasteiger partial charge in [0.25, 0.3) is 0 Å². The number of carbonyl (C=O) groups is 1. The summed E-state index contributed by atoms with van der Waals surface area (Å²) >= 11 is 0. The maximum atomic E-state index is 12.9. The zero-order valence-electron chi connectivity index (χ0n) is 11.8. The Labute approximate surface area is 169 Å². The Kier molecular flexibility index (Phi) is 5.95. The number of halogens is 3. The molecule has 1 atom stereocenters. The molecule has 0 aliphatic carbocycles. The Morgan fingerprint density at radius 2 is 1.82 bits per heavy atom. The van der Waals surface area contributed by atoms with Gasteiger partial charge >= 0.3 is 63.5 Å².